The first kappa shape index (κ1) is 12.1. The highest BCUT2D eigenvalue weighted by Gasteiger charge is 2.18. The fraction of sp³-hybridized carbons (Fsp3) is 0.143. The Balaban J connectivity index is 3.56. The van der Waals surface area contributed by atoms with Crippen molar-refractivity contribution in [1.29, 1.82) is 0 Å². The van der Waals surface area contributed by atoms with Gasteiger partial charge in [-0.15, -0.1) is 0 Å². The highest BCUT2D eigenvalue weighted by molar-refractivity contribution is 9.13. The van der Waals surface area contributed by atoms with E-state index >= 15 is 0 Å². The van der Waals surface area contributed by atoms with Gasteiger partial charge in [0.2, 0.25) is 0 Å². The quantitative estimate of drug-likeness (QED) is 0.449. The van der Waals surface area contributed by atoms with Gasteiger partial charge in [-0.1, -0.05) is 23.2 Å². The summed E-state index contributed by atoms with van der Waals surface area (Å²) in [5.41, 5.74) is 0. The summed E-state index contributed by atoms with van der Waals surface area (Å²) in [6.07, 6.45) is 0. The van der Waals surface area contributed by atoms with Gasteiger partial charge in [-0.05, 0) is 47.8 Å². The molecule has 0 N–H and O–H groups in total. The van der Waals surface area contributed by atoms with E-state index in [-0.39, 0.29) is 0 Å². The van der Waals surface area contributed by atoms with Crippen LogP contribution in [0, 0.1) is 0 Å². The van der Waals surface area contributed by atoms with Gasteiger partial charge in [-0.2, -0.15) is 0 Å². The summed E-state index contributed by atoms with van der Waals surface area (Å²) in [6, 6.07) is 0. The molecular weight excluding hydrogens is 411 g/mol. The SMILES string of the molecule is COc1c(Cl)c(Br)c(Br)c(Cl)c1Br. The van der Waals surface area contributed by atoms with E-state index in [4.69, 9.17) is 27.9 Å². The number of methoxy groups -OCH3 is 1. The lowest BCUT2D eigenvalue weighted by atomic mass is 10.3. The first-order valence-corrected chi connectivity index (χ1v) is 6.19. The molecule has 0 aromatic heterocycles. The van der Waals surface area contributed by atoms with E-state index in [0.717, 1.165) is 0 Å². The van der Waals surface area contributed by atoms with Gasteiger partial charge in [0.05, 0.1) is 30.6 Å². The minimum atomic E-state index is 0.477. The van der Waals surface area contributed by atoms with Crippen molar-refractivity contribution in [3.63, 3.8) is 0 Å². The first-order valence-electron chi connectivity index (χ1n) is 3.06. The largest absolute Gasteiger partial charge is 0.494 e. The second kappa shape index (κ2) is 4.71. The van der Waals surface area contributed by atoms with Crippen LogP contribution in [0.25, 0.3) is 0 Å². The van der Waals surface area contributed by atoms with Crippen LogP contribution >= 0.6 is 71.0 Å². The molecule has 0 radical (unpaired) electrons. The number of hydrogen-bond donors (Lipinski definition) is 0. The molecule has 6 heteroatoms. The van der Waals surface area contributed by atoms with E-state index in [2.05, 4.69) is 47.8 Å². The Hall–Kier alpha value is 1.04. The zero-order chi connectivity index (χ0) is 10.2. The van der Waals surface area contributed by atoms with Crippen molar-refractivity contribution in [3.8, 4) is 5.75 Å². The average Bonchev–Trinajstić information content (AvgIpc) is 2.13. The van der Waals surface area contributed by atoms with Crippen LogP contribution in [-0.2, 0) is 0 Å². The van der Waals surface area contributed by atoms with Crippen molar-refractivity contribution in [2.45, 2.75) is 0 Å². The maximum atomic E-state index is 5.99. The second-order valence-corrected chi connectivity index (χ2v) is 5.24. The lowest BCUT2D eigenvalue weighted by molar-refractivity contribution is 0.412. The third kappa shape index (κ3) is 2.17. The van der Waals surface area contributed by atoms with Gasteiger partial charge in [-0.3, -0.25) is 0 Å². The van der Waals surface area contributed by atoms with Crippen molar-refractivity contribution >= 4 is 71.0 Å². The maximum absolute atomic E-state index is 5.99. The lowest BCUT2D eigenvalue weighted by Gasteiger charge is -2.11. The molecule has 0 aliphatic rings. The van der Waals surface area contributed by atoms with Gasteiger partial charge in [0.15, 0.2) is 5.75 Å². The van der Waals surface area contributed by atoms with Gasteiger partial charge < -0.3 is 4.74 Å². The van der Waals surface area contributed by atoms with Crippen molar-refractivity contribution < 1.29 is 4.74 Å². The van der Waals surface area contributed by atoms with Crippen molar-refractivity contribution in [1.82, 2.24) is 0 Å². The number of rotatable bonds is 1. The maximum Gasteiger partial charge on any atom is 0.154 e. The highest BCUT2D eigenvalue weighted by atomic mass is 79.9. The van der Waals surface area contributed by atoms with Gasteiger partial charge in [0.1, 0.15) is 0 Å². The van der Waals surface area contributed by atoms with E-state index in [0.29, 0.717) is 29.2 Å². The molecule has 0 aliphatic heterocycles. The van der Waals surface area contributed by atoms with Crippen molar-refractivity contribution in [2.24, 2.45) is 0 Å². The molecule has 1 nitrogen and oxygen atoms in total. The van der Waals surface area contributed by atoms with E-state index < -0.39 is 0 Å². The summed E-state index contributed by atoms with van der Waals surface area (Å²) < 4.78 is 7.09. The standard InChI is InChI=1S/C7H3Br3Cl2O/c1-13-7-4(10)5(11)2(8)3(9)6(7)12/h1H3. The minimum Gasteiger partial charge on any atom is -0.494 e. The zero-order valence-corrected chi connectivity index (χ0v) is 12.6. The molecule has 0 spiro atoms. The Morgan fingerprint density at radius 3 is 1.85 bits per heavy atom. The van der Waals surface area contributed by atoms with Crippen LogP contribution < -0.4 is 4.74 Å². The molecule has 0 heterocycles. The van der Waals surface area contributed by atoms with Gasteiger partial charge in [-0.25, -0.2) is 0 Å². The summed E-state index contributed by atoms with van der Waals surface area (Å²) in [7, 11) is 1.53. The molecule has 13 heavy (non-hydrogen) atoms. The Morgan fingerprint density at radius 1 is 0.923 bits per heavy atom. The Morgan fingerprint density at radius 2 is 1.38 bits per heavy atom. The Bertz CT molecular complexity index is 325. The molecule has 0 fully saturated rings. The van der Waals surface area contributed by atoms with Crippen LogP contribution in [-0.4, -0.2) is 7.11 Å². The average molecular weight is 414 g/mol. The van der Waals surface area contributed by atoms with Crippen LogP contribution in [0.4, 0.5) is 0 Å². The van der Waals surface area contributed by atoms with Gasteiger partial charge in [0.25, 0.3) is 0 Å². The lowest BCUT2D eigenvalue weighted by Crippen LogP contribution is -1.89. The molecule has 1 aromatic rings. The van der Waals surface area contributed by atoms with Crippen LogP contribution in [0.15, 0.2) is 13.4 Å². The van der Waals surface area contributed by atoms with Crippen molar-refractivity contribution in [3.05, 3.63) is 23.5 Å². The molecule has 1 aromatic carbocycles. The summed E-state index contributed by atoms with van der Waals surface area (Å²) in [5.74, 6) is 0.516. The summed E-state index contributed by atoms with van der Waals surface area (Å²) >= 11 is 21.8. The molecule has 0 saturated heterocycles. The van der Waals surface area contributed by atoms with Gasteiger partial charge >= 0.3 is 0 Å². The smallest absolute Gasteiger partial charge is 0.154 e. The number of halogens is 5. The third-order valence-corrected chi connectivity index (χ3v) is 5.67. The summed E-state index contributed by atoms with van der Waals surface area (Å²) in [6.45, 7) is 0. The van der Waals surface area contributed by atoms with E-state index in [1.165, 1.54) is 7.11 Å². The Kier molecular flexibility index (Phi) is 4.39. The molecule has 0 amide bonds. The van der Waals surface area contributed by atoms with Crippen molar-refractivity contribution in [2.75, 3.05) is 7.11 Å². The number of ether oxygens (including phenoxy) is 1. The normalized spacial score (nSPS) is 10.3. The molecule has 0 atom stereocenters. The molecular formula is C7H3Br3Cl2O. The molecule has 0 bridgehead atoms. The van der Waals surface area contributed by atoms with Crippen LogP contribution in [0.3, 0.4) is 0 Å². The van der Waals surface area contributed by atoms with Gasteiger partial charge in [0, 0.05) is 0 Å². The predicted molar refractivity (Wildman–Crippen MR) is 66.1 cm³/mol. The summed E-state index contributed by atoms with van der Waals surface area (Å²) in [5, 5.41) is 0.999. The summed E-state index contributed by atoms with van der Waals surface area (Å²) in [4.78, 5) is 0. The predicted octanol–water partition coefficient (Wildman–Crippen LogP) is 5.29. The topological polar surface area (TPSA) is 9.23 Å². The first-order chi connectivity index (χ1) is 6.00. The zero-order valence-electron chi connectivity index (χ0n) is 6.30. The minimum absolute atomic E-state index is 0.477. The van der Waals surface area contributed by atoms with E-state index in [1.54, 1.807) is 0 Å². The molecule has 0 unspecified atom stereocenters. The third-order valence-electron chi connectivity index (χ3n) is 1.37. The second-order valence-electron chi connectivity index (χ2n) is 2.10. The highest BCUT2D eigenvalue weighted by Crippen LogP contribution is 2.48. The Labute approximate surface area is 111 Å². The fourth-order valence-corrected chi connectivity index (χ4v) is 3.15. The fourth-order valence-electron chi connectivity index (χ4n) is 0.764. The number of benzene rings is 1. The monoisotopic (exact) mass is 410 g/mol. The van der Waals surface area contributed by atoms with E-state index in [1.807, 2.05) is 0 Å². The van der Waals surface area contributed by atoms with Crippen LogP contribution in [0.1, 0.15) is 0 Å². The van der Waals surface area contributed by atoms with Crippen LogP contribution in [0.5, 0.6) is 5.75 Å². The van der Waals surface area contributed by atoms with E-state index in [9.17, 15) is 0 Å². The molecule has 72 valence electrons. The number of hydrogen-bond acceptors (Lipinski definition) is 1. The molecule has 0 aliphatic carbocycles. The van der Waals surface area contributed by atoms with Crippen LogP contribution in [0.2, 0.25) is 10.0 Å². The molecule has 0 saturated carbocycles. The molecule has 1 rings (SSSR count).